The van der Waals surface area contributed by atoms with Gasteiger partial charge in [0.05, 0.1) is 18.7 Å². The van der Waals surface area contributed by atoms with Crippen molar-refractivity contribution in [1.82, 2.24) is 19.7 Å². The van der Waals surface area contributed by atoms with Gasteiger partial charge in [-0.2, -0.15) is 0 Å². The van der Waals surface area contributed by atoms with E-state index in [4.69, 9.17) is 9.15 Å². The molecule has 1 amide bonds. The first-order valence-electron chi connectivity index (χ1n) is 7.70. The van der Waals surface area contributed by atoms with Gasteiger partial charge >= 0.3 is 0 Å². The second-order valence-corrected chi connectivity index (χ2v) is 5.68. The minimum absolute atomic E-state index is 0.115. The van der Waals surface area contributed by atoms with Crippen LogP contribution in [-0.2, 0) is 17.8 Å². The van der Waals surface area contributed by atoms with Crippen molar-refractivity contribution in [3.8, 4) is 0 Å². The molecule has 0 aliphatic carbocycles. The van der Waals surface area contributed by atoms with Crippen molar-refractivity contribution in [3.05, 3.63) is 47.7 Å². The van der Waals surface area contributed by atoms with Crippen molar-refractivity contribution in [1.29, 1.82) is 0 Å². The van der Waals surface area contributed by atoms with Crippen molar-refractivity contribution in [2.45, 2.75) is 20.0 Å². The standard InChI is InChI=1S/C17H20N4O3/c1-12-9-13-5-4-6-14(16(13)24-12)17(22)20(2)10-15-19-18-11-21(15)7-8-23-3/h4-6,9,11H,7-8,10H2,1-3H3. The summed E-state index contributed by atoms with van der Waals surface area (Å²) < 4.78 is 12.6. The smallest absolute Gasteiger partial charge is 0.257 e. The highest BCUT2D eigenvalue weighted by atomic mass is 16.5. The summed E-state index contributed by atoms with van der Waals surface area (Å²) in [6, 6.07) is 7.50. The van der Waals surface area contributed by atoms with Crippen molar-refractivity contribution >= 4 is 16.9 Å². The maximum atomic E-state index is 12.8. The molecule has 24 heavy (non-hydrogen) atoms. The lowest BCUT2D eigenvalue weighted by atomic mass is 10.1. The summed E-state index contributed by atoms with van der Waals surface area (Å²) in [5.41, 5.74) is 1.17. The number of hydrogen-bond donors (Lipinski definition) is 0. The van der Waals surface area contributed by atoms with E-state index in [1.165, 1.54) is 0 Å². The first-order valence-corrected chi connectivity index (χ1v) is 7.70. The lowest BCUT2D eigenvalue weighted by Gasteiger charge is -2.17. The van der Waals surface area contributed by atoms with E-state index in [0.29, 0.717) is 36.7 Å². The van der Waals surface area contributed by atoms with Crippen LogP contribution >= 0.6 is 0 Å². The monoisotopic (exact) mass is 328 g/mol. The average Bonchev–Trinajstić information content (AvgIpc) is 3.16. The third kappa shape index (κ3) is 3.16. The Balaban J connectivity index is 1.81. The molecule has 0 spiro atoms. The number of methoxy groups -OCH3 is 1. The van der Waals surface area contributed by atoms with Gasteiger partial charge in [-0.15, -0.1) is 10.2 Å². The summed E-state index contributed by atoms with van der Waals surface area (Å²) in [5.74, 6) is 1.38. The van der Waals surface area contributed by atoms with Crippen LogP contribution < -0.4 is 0 Å². The van der Waals surface area contributed by atoms with Gasteiger partial charge in [-0.1, -0.05) is 12.1 Å². The number of carbonyl (C=O) groups is 1. The largest absolute Gasteiger partial charge is 0.461 e. The minimum Gasteiger partial charge on any atom is -0.461 e. The third-order valence-corrected chi connectivity index (χ3v) is 3.86. The van der Waals surface area contributed by atoms with Crippen LogP contribution in [-0.4, -0.2) is 46.3 Å². The van der Waals surface area contributed by atoms with Crippen LogP contribution in [0.2, 0.25) is 0 Å². The van der Waals surface area contributed by atoms with E-state index in [9.17, 15) is 4.79 Å². The molecule has 1 aromatic carbocycles. The zero-order chi connectivity index (χ0) is 17.1. The Labute approximate surface area is 139 Å². The normalized spacial score (nSPS) is 11.1. The topological polar surface area (TPSA) is 73.4 Å². The van der Waals surface area contributed by atoms with Crippen LogP contribution in [0.5, 0.6) is 0 Å². The number of carbonyl (C=O) groups excluding carboxylic acids is 1. The van der Waals surface area contributed by atoms with Gasteiger partial charge in [0.15, 0.2) is 5.82 Å². The molecule has 0 bridgehead atoms. The Hall–Kier alpha value is -2.67. The molecule has 0 radical (unpaired) electrons. The predicted octanol–water partition coefficient (Wildman–Crippen LogP) is 2.25. The lowest BCUT2D eigenvalue weighted by molar-refractivity contribution is 0.0780. The van der Waals surface area contributed by atoms with Crippen molar-refractivity contribution < 1.29 is 13.9 Å². The van der Waals surface area contributed by atoms with E-state index in [-0.39, 0.29) is 5.91 Å². The number of nitrogens with zero attached hydrogens (tertiary/aromatic N) is 4. The highest BCUT2D eigenvalue weighted by molar-refractivity contribution is 6.04. The molecule has 0 fully saturated rings. The zero-order valence-corrected chi connectivity index (χ0v) is 14.0. The fourth-order valence-electron chi connectivity index (χ4n) is 2.63. The fraction of sp³-hybridized carbons (Fsp3) is 0.353. The van der Waals surface area contributed by atoms with Crippen molar-refractivity contribution in [3.63, 3.8) is 0 Å². The Morgan fingerprint density at radius 1 is 1.42 bits per heavy atom. The first-order chi connectivity index (χ1) is 11.6. The zero-order valence-electron chi connectivity index (χ0n) is 14.0. The summed E-state index contributed by atoms with van der Waals surface area (Å²) in [5, 5.41) is 8.93. The van der Waals surface area contributed by atoms with E-state index < -0.39 is 0 Å². The number of hydrogen-bond acceptors (Lipinski definition) is 5. The average molecular weight is 328 g/mol. The predicted molar refractivity (Wildman–Crippen MR) is 88.6 cm³/mol. The minimum atomic E-state index is -0.115. The SMILES string of the molecule is COCCn1cnnc1CN(C)C(=O)c1cccc2cc(C)oc12. The van der Waals surface area contributed by atoms with E-state index in [1.54, 1.807) is 31.5 Å². The number of fused-ring (bicyclic) bond motifs is 1. The summed E-state index contributed by atoms with van der Waals surface area (Å²) in [6.07, 6.45) is 1.64. The van der Waals surface area contributed by atoms with Gasteiger partial charge in [0.1, 0.15) is 17.7 Å². The molecule has 0 N–H and O–H groups in total. The van der Waals surface area contributed by atoms with Crippen molar-refractivity contribution in [2.24, 2.45) is 0 Å². The molecule has 126 valence electrons. The number of amides is 1. The molecule has 0 aliphatic rings. The third-order valence-electron chi connectivity index (χ3n) is 3.86. The number of aryl methyl sites for hydroxylation is 1. The Bertz CT molecular complexity index is 853. The summed E-state index contributed by atoms with van der Waals surface area (Å²) >= 11 is 0. The van der Waals surface area contributed by atoms with Gasteiger partial charge in [0, 0.05) is 26.1 Å². The maximum absolute atomic E-state index is 12.8. The van der Waals surface area contributed by atoms with Crippen LogP contribution in [0.3, 0.4) is 0 Å². The lowest BCUT2D eigenvalue weighted by Crippen LogP contribution is -2.28. The molecule has 7 heteroatoms. The van der Waals surface area contributed by atoms with Crippen molar-refractivity contribution in [2.75, 3.05) is 20.8 Å². The number of aromatic nitrogens is 3. The summed E-state index contributed by atoms with van der Waals surface area (Å²) in [7, 11) is 3.39. The highest BCUT2D eigenvalue weighted by Crippen LogP contribution is 2.23. The number of rotatable bonds is 6. The molecule has 3 rings (SSSR count). The number of ether oxygens (including phenoxy) is 1. The molecule has 2 aromatic heterocycles. The number of furan rings is 1. The van der Waals surface area contributed by atoms with Crippen LogP contribution in [0.4, 0.5) is 0 Å². The molecular formula is C17H20N4O3. The second-order valence-electron chi connectivity index (χ2n) is 5.68. The second kappa shape index (κ2) is 6.84. The molecule has 0 unspecified atom stereocenters. The van der Waals surface area contributed by atoms with Gasteiger partial charge in [-0.3, -0.25) is 4.79 Å². The van der Waals surface area contributed by atoms with Gasteiger partial charge < -0.3 is 18.6 Å². The van der Waals surface area contributed by atoms with Crippen LogP contribution in [0.25, 0.3) is 11.0 Å². The molecule has 7 nitrogen and oxygen atoms in total. The van der Waals surface area contributed by atoms with Crippen LogP contribution in [0.1, 0.15) is 21.9 Å². The molecule has 0 aliphatic heterocycles. The summed E-state index contributed by atoms with van der Waals surface area (Å²) in [6.45, 7) is 3.44. The fourth-order valence-corrected chi connectivity index (χ4v) is 2.63. The van der Waals surface area contributed by atoms with E-state index in [2.05, 4.69) is 10.2 Å². The van der Waals surface area contributed by atoms with Gasteiger partial charge in [0.2, 0.25) is 0 Å². The van der Waals surface area contributed by atoms with Gasteiger partial charge in [-0.05, 0) is 19.1 Å². The summed E-state index contributed by atoms with van der Waals surface area (Å²) in [4.78, 5) is 14.4. The van der Waals surface area contributed by atoms with Gasteiger partial charge in [0.25, 0.3) is 5.91 Å². The number of para-hydroxylation sites is 1. The molecule has 0 saturated heterocycles. The quantitative estimate of drug-likeness (QED) is 0.694. The Kier molecular flexibility index (Phi) is 4.61. The molecule has 0 saturated carbocycles. The van der Waals surface area contributed by atoms with Gasteiger partial charge in [-0.25, -0.2) is 0 Å². The number of benzene rings is 1. The van der Waals surface area contributed by atoms with Crippen LogP contribution in [0, 0.1) is 6.92 Å². The molecule has 3 aromatic rings. The van der Waals surface area contributed by atoms with E-state index in [1.807, 2.05) is 29.7 Å². The molecular weight excluding hydrogens is 308 g/mol. The maximum Gasteiger partial charge on any atom is 0.257 e. The first kappa shape index (κ1) is 16.2. The Morgan fingerprint density at radius 2 is 2.25 bits per heavy atom. The Morgan fingerprint density at radius 3 is 3.04 bits per heavy atom. The van der Waals surface area contributed by atoms with E-state index >= 15 is 0 Å². The van der Waals surface area contributed by atoms with E-state index in [0.717, 1.165) is 11.1 Å². The molecule has 0 atom stereocenters. The van der Waals surface area contributed by atoms with Crippen LogP contribution in [0.15, 0.2) is 35.0 Å². The highest BCUT2D eigenvalue weighted by Gasteiger charge is 2.19. The molecule has 2 heterocycles.